The molecule has 0 aliphatic rings. The van der Waals surface area contributed by atoms with Gasteiger partial charge in [-0.3, -0.25) is 14.9 Å². The molecule has 7 heteroatoms. The van der Waals surface area contributed by atoms with Gasteiger partial charge in [0.15, 0.2) is 5.13 Å². The number of halogens is 1. The predicted octanol–water partition coefficient (Wildman–Crippen LogP) is 4.92. The zero-order valence-electron chi connectivity index (χ0n) is 14.2. The van der Waals surface area contributed by atoms with E-state index >= 15 is 0 Å². The molecule has 0 saturated carbocycles. The average Bonchev–Trinajstić information content (AvgIpc) is 2.97. The lowest BCUT2D eigenvalue weighted by Gasteiger charge is -2.05. The molecule has 0 bridgehead atoms. The summed E-state index contributed by atoms with van der Waals surface area (Å²) < 4.78 is 0. The van der Waals surface area contributed by atoms with Crippen LogP contribution in [0.4, 0.5) is 10.8 Å². The molecule has 0 radical (unpaired) electrons. The van der Waals surface area contributed by atoms with Crippen molar-refractivity contribution < 1.29 is 9.59 Å². The molecule has 1 aromatic heterocycles. The Morgan fingerprint density at radius 3 is 2.50 bits per heavy atom. The number of aryl methyl sites for hydroxylation is 2. The zero-order chi connectivity index (χ0) is 18.7. The van der Waals surface area contributed by atoms with Crippen LogP contribution in [0, 0.1) is 13.8 Å². The Morgan fingerprint density at radius 2 is 1.77 bits per heavy atom. The Hall–Kier alpha value is -2.70. The third-order valence-electron chi connectivity index (χ3n) is 3.63. The minimum atomic E-state index is -0.316. The molecule has 0 fully saturated rings. The van der Waals surface area contributed by atoms with Gasteiger partial charge in [0.05, 0.1) is 16.4 Å². The van der Waals surface area contributed by atoms with Gasteiger partial charge in [-0.25, -0.2) is 4.98 Å². The van der Waals surface area contributed by atoms with Crippen molar-refractivity contribution in [2.45, 2.75) is 13.8 Å². The van der Waals surface area contributed by atoms with E-state index in [1.54, 1.807) is 43.3 Å². The van der Waals surface area contributed by atoms with Crippen molar-refractivity contribution in [1.29, 1.82) is 0 Å². The van der Waals surface area contributed by atoms with Gasteiger partial charge in [-0.2, -0.15) is 0 Å². The number of nitrogens with one attached hydrogen (secondary N) is 2. The Labute approximate surface area is 160 Å². The van der Waals surface area contributed by atoms with Crippen molar-refractivity contribution in [2.75, 3.05) is 10.6 Å². The first-order chi connectivity index (χ1) is 12.4. The summed E-state index contributed by atoms with van der Waals surface area (Å²) in [5.41, 5.74) is 2.60. The maximum Gasteiger partial charge on any atom is 0.267 e. The van der Waals surface area contributed by atoms with Gasteiger partial charge in [-0.15, -0.1) is 0 Å². The fourth-order valence-corrected chi connectivity index (χ4v) is 3.40. The smallest absolute Gasteiger partial charge is 0.267 e. The van der Waals surface area contributed by atoms with Crippen molar-refractivity contribution >= 4 is 45.6 Å². The van der Waals surface area contributed by atoms with E-state index in [9.17, 15) is 9.59 Å². The van der Waals surface area contributed by atoms with Gasteiger partial charge in [0, 0.05) is 5.56 Å². The fourth-order valence-electron chi connectivity index (χ4n) is 2.36. The van der Waals surface area contributed by atoms with Crippen molar-refractivity contribution in [3.05, 3.63) is 75.3 Å². The van der Waals surface area contributed by atoms with Gasteiger partial charge in [-0.1, -0.05) is 52.8 Å². The number of rotatable bonds is 4. The second-order valence-corrected chi connectivity index (χ2v) is 7.10. The number of carbonyl (C=O) groups excluding carboxylic acids is 2. The summed E-state index contributed by atoms with van der Waals surface area (Å²) in [6.45, 7) is 3.64. The number of hydrogen-bond donors (Lipinski definition) is 2. The van der Waals surface area contributed by atoms with Crippen molar-refractivity contribution in [3.63, 3.8) is 0 Å². The molecule has 2 N–H and O–H groups in total. The van der Waals surface area contributed by atoms with E-state index < -0.39 is 0 Å². The molecule has 0 unspecified atom stereocenters. The lowest BCUT2D eigenvalue weighted by Crippen LogP contribution is -2.12. The number of aromatic nitrogens is 1. The molecule has 2 amide bonds. The number of benzene rings is 2. The minimum absolute atomic E-state index is 0.263. The lowest BCUT2D eigenvalue weighted by molar-refractivity contribution is 0.102. The average molecular weight is 386 g/mol. The van der Waals surface area contributed by atoms with Gasteiger partial charge in [0.25, 0.3) is 11.8 Å². The van der Waals surface area contributed by atoms with Crippen LogP contribution in [-0.4, -0.2) is 16.8 Å². The molecule has 3 rings (SSSR count). The van der Waals surface area contributed by atoms with Crippen LogP contribution in [0.15, 0.2) is 48.5 Å². The Kier molecular flexibility index (Phi) is 5.35. The van der Waals surface area contributed by atoms with Gasteiger partial charge in [0.1, 0.15) is 4.88 Å². The number of amides is 2. The molecule has 0 aliphatic heterocycles. The van der Waals surface area contributed by atoms with E-state index in [0.717, 1.165) is 16.9 Å². The summed E-state index contributed by atoms with van der Waals surface area (Å²) in [7, 11) is 0. The first-order valence-electron chi connectivity index (χ1n) is 7.85. The van der Waals surface area contributed by atoms with E-state index in [0.29, 0.717) is 32.0 Å². The van der Waals surface area contributed by atoms with E-state index in [2.05, 4.69) is 15.6 Å². The minimum Gasteiger partial charge on any atom is -0.320 e. The second-order valence-electron chi connectivity index (χ2n) is 5.69. The van der Waals surface area contributed by atoms with Crippen LogP contribution in [0.3, 0.4) is 0 Å². The third kappa shape index (κ3) is 4.09. The molecule has 0 atom stereocenters. The molecule has 5 nitrogen and oxygen atoms in total. The number of nitrogens with zero attached hydrogens (tertiary/aromatic N) is 1. The highest BCUT2D eigenvalue weighted by atomic mass is 35.5. The summed E-state index contributed by atoms with van der Waals surface area (Å²) in [6, 6.07) is 14.3. The second kappa shape index (κ2) is 7.68. The molecular weight excluding hydrogens is 370 g/mol. The maximum atomic E-state index is 12.5. The monoisotopic (exact) mass is 385 g/mol. The van der Waals surface area contributed by atoms with Crippen LogP contribution in [0.5, 0.6) is 0 Å². The first-order valence-corrected chi connectivity index (χ1v) is 9.05. The predicted molar refractivity (Wildman–Crippen MR) is 105 cm³/mol. The molecule has 2 aromatic carbocycles. The number of anilines is 2. The normalized spacial score (nSPS) is 10.4. The maximum absolute atomic E-state index is 12.5. The molecule has 0 aliphatic carbocycles. The Balaban J connectivity index is 1.75. The van der Waals surface area contributed by atoms with E-state index in [4.69, 9.17) is 11.6 Å². The van der Waals surface area contributed by atoms with Crippen LogP contribution in [0.25, 0.3) is 0 Å². The number of thiazole rings is 1. The Bertz CT molecular complexity index is 984. The Morgan fingerprint density at radius 1 is 1.00 bits per heavy atom. The molecule has 0 saturated heterocycles. The molecule has 26 heavy (non-hydrogen) atoms. The van der Waals surface area contributed by atoms with E-state index in [-0.39, 0.29) is 11.8 Å². The standard InChI is InChI=1S/C19H16ClN3O2S/c1-11-6-5-7-13(10-11)17(24)23-19-21-12(2)16(26-19)18(25)22-15-9-4-3-8-14(15)20/h3-10H,1-2H3,(H,22,25)(H,21,23,24). The highest BCUT2D eigenvalue weighted by molar-refractivity contribution is 7.17. The summed E-state index contributed by atoms with van der Waals surface area (Å²) in [5.74, 6) is -0.579. The topological polar surface area (TPSA) is 71.1 Å². The number of carbonyl (C=O) groups is 2. The van der Waals surface area contributed by atoms with Crippen LogP contribution in [0.2, 0.25) is 5.02 Å². The van der Waals surface area contributed by atoms with Crippen LogP contribution < -0.4 is 10.6 Å². The summed E-state index contributed by atoms with van der Waals surface area (Å²) >= 11 is 7.19. The first kappa shape index (κ1) is 18.1. The fraction of sp³-hybridized carbons (Fsp3) is 0.105. The quantitative estimate of drug-likeness (QED) is 0.669. The van der Waals surface area contributed by atoms with Crippen molar-refractivity contribution in [2.24, 2.45) is 0 Å². The SMILES string of the molecule is Cc1cccc(C(=O)Nc2nc(C)c(C(=O)Nc3ccccc3Cl)s2)c1. The highest BCUT2D eigenvalue weighted by Gasteiger charge is 2.18. The number of hydrogen-bond acceptors (Lipinski definition) is 4. The van der Waals surface area contributed by atoms with Crippen molar-refractivity contribution in [1.82, 2.24) is 4.98 Å². The molecular formula is C19H16ClN3O2S. The molecule has 3 aromatic rings. The van der Waals surface area contributed by atoms with Crippen LogP contribution >= 0.6 is 22.9 Å². The zero-order valence-corrected chi connectivity index (χ0v) is 15.7. The van der Waals surface area contributed by atoms with Crippen LogP contribution in [-0.2, 0) is 0 Å². The summed E-state index contributed by atoms with van der Waals surface area (Å²) in [4.78, 5) is 29.5. The number of para-hydroxylation sites is 1. The highest BCUT2D eigenvalue weighted by Crippen LogP contribution is 2.26. The molecule has 1 heterocycles. The van der Waals surface area contributed by atoms with Gasteiger partial charge in [0.2, 0.25) is 0 Å². The third-order valence-corrected chi connectivity index (χ3v) is 5.03. The lowest BCUT2D eigenvalue weighted by atomic mass is 10.1. The van der Waals surface area contributed by atoms with Crippen LogP contribution in [0.1, 0.15) is 31.3 Å². The molecule has 132 valence electrons. The largest absolute Gasteiger partial charge is 0.320 e. The van der Waals surface area contributed by atoms with Gasteiger partial charge >= 0.3 is 0 Å². The van der Waals surface area contributed by atoms with E-state index in [1.165, 1.54) is 0 Å². The molecule has 0 spiro atoms. The summed E-state index contributed by atoms with van der Waals surface area (Å²) in [5, 5.41) is 6.33. The van der Waals surface area contributed by atoms with E-state index in [1.807, 2.05) is 19.1 Å². The van der Waals surface area contributed by atoms with Gasteiger partial charge in [-0.05, 0) is 38.1 Å². The van der Waals surface area contributed by atoms with Crippen molar-refractivity contribution in [3.8, 4) is 0 Å². The summed E-state index contributed by atoms with van der Waals surface area (Å²) in [6.07, 6.45) is 0. The van der Waals surface area contributed by atoms with Gasteiger partial charge < -0.3 is 5.32 Å².